The molecule has 0 saturated carbocycles. The number of carbonyl (C=O) groups excluding carboxylic acids is 1. The standard InChI is InChI=1S/C27H30FN3O7S/c1-27(2,10-12-29-26(33)34)11-13-37-20-9-8-19-14-22(38-17-18-6-4-3-5-7-18)25(24(28)21(19)15-20)31-16-23(32)30-39(31,35)36/h3-9,14-15,29H,10-13,16-17H2,1-2H3,(H,30,32)(H,33,34). The zero-order chi connectivity index (χ0) is 28.2. The molecule has 3 aromatic rings. The van der Waals surface area contributed by atoms with Crippen molar-refractivity contribution in [1.82, 2.24) is 10.0 Å². The lowest BCUT2D eigenvalue weighted by Crippen LogP contribution is -2.30. The number of rotatable bonds is 11. The molecule has 3 aromatic carbocycles. The number of carboxylic acid groups (broad SMARTS) is 1. The normalized spacial score (nSPS) is 14.7. The maximum atomic E-state index is 16.0. The number of nitrogens with zero attached hydrogens (tertiary/aromatic N) is 1. The molecule has 12 heteroatoms. The summed E-state index contributed by atoms with van der Waals surface area (Å²) in [6, 6.07) is 15.5. The smallest absolute Gasteiger partial charge is 0.404 e. The van der Waals surface area contributed by atoms with Gasteiger partial charge in [0.05, 0.1) is 6.61 Å². The summed E-state index contributed by atoms with van der Waals surface area (Å²) in [5, 5.41) is 11.7. The van der Waals surface area contributed by atoms with Crippen LogP contribution >= 0.6 is 0 Å². The zero-order valence-corrected chi connectivity index (χ0v) is 22.4. The fraction of sp³-hybridized carbons (Fsp3) is 0.333. The van der Waals surface area contributed by atoms with Crippen LogP contribution in [0.15, 0.2) is 54.6 Å². The second kappa shape index (κ2) is 11.4. The number of ether oxygens (including phenoxy) is 2. The number of nitrogens with one attached hydrogen (secondary N) is 2. The Morgan fingerprint density at radius 2 is 1.87 bits per heavy atom. The van der Waals surface area contributed by atoms with Crippen LogP contribution in [0.2, 0.25) is 0 Å². The Kier molecular flexibility index (Phi) is 8.14. The summed E-state index contributed by atoms with van der Waals surface area (Å²) in [6.45, 7) is 4.10. The molecule has 1 fully saturated rings. The van der Waals surface area contributed by atoms with Crippen LogP contribution < -0.4 is 23.8 Å². The molecule has 0 aliphatic carbocycles. The van der Waals surface area contributed by atoms with Gasteiger partial charge in [-0.15, -0.1) is 0 Å². The van der Waals surface area contributed by atoms with Crippen molar-refractivity contribution in [2.75, 3.05) is 24.0 Å². The Hall–Kier alpha value is -4.06. The molecule has 39 heavy (non-hydrogen) atoms. The van der Waals surface area contributed by atoms with Gasteiger partial charge in [-0.05, 0) is 47.4 Å². The average molecular weight is 560 g/mol. The van der Waals surface area contributed by atoms with E-state index in [0.29, 0.717) is 41.4 Å². The molecule has 1 aliphatic rings. The van der Waals surface area contributed by atoms with Gasteiger partial charge in [-0.25, -0.2) is 18.2 Å². The fourth-order valence-corrected chi connectivity index (χ4v) is 5.35. The maximum Gasteiger partial charge on any atom is 0.404 e. The van der Waals surface area contributed by atoms with E-state index in [-0.39, 0.29) is 28.8 Å². The molecule has 0 bridgehead atoms. The predicted molar refractivity (Wildman–Crippen MR) is 144 cm³/mol. The second-order valence-electron chi connectivity index (χ2n) is 9.98. The topological polar surface area (TPSA) is 134 Å². The number of hydrogen-bond donors (Lipinski definition) is 3. The third-order valence-corrected chi connectivity index (χ3v) is 7.80. The molecule has 3 N–H and O–H groups in total. The van der Waals surface area contributed by atoms with E-state index in [1.54, 1.807) is 12.1 Å². The molecular weight excluding hydrogens is 529 g/mol. The molecule has 0 atom stereocenters. The number of carbonyl (C=O) groups is 2. The Morgan fingerprint density at radius 1 is 1.13 bits per heavy atom. The van der Waals surface area contributed by atoms with Crippen molar-refractivity contribution >= 4 is 38.7 Å². The van der Waals surface area contributed by atoms with Gasteiger partial charge < -0.3 is 19.9 Å². The summed E-state index contributed by atoms with van der Waals surface area (Å²) in [5.74, 6) is -1.28. The van der Waals surface area contributed by atoms with Crippen molar-refractivity contribution in [3.63, 3.8) is 0 Å². The predicted octanol–water partition coefficient (Wildman–Crippen LogP) is 4.19. The highest BCUT2D eigenvalue weighted by molar-refractivity contribution is 7.92. The lowest BCUT2D eigenvalue weighted by molar-refractivity contribution is -0.117. The first-order valence-electron chi connectivity index (χ1n) is 12.3. The molecule has 0 radical (unpaired) electrons. The highest BCUT2D eigenvalue weighted by Gasteiger charge is 2.38. The Labute approximate surface area is 225 Å². The van der Waals surface area contributed by atoms with Crippen molar-refractivity contribution in [2.24, 2.45) is 5.41 Å². The molecule has 10 nitrogen and oxygen atoms in total. The lowest BCUT2D eigenvalue weighted by Gasteiger charge is -2.24. The molecule has 1 heterocycles. The van der Waals surface area contributed by atoms with Crippen LogP contribution in [0.4, 0.5) is 14.9 Å². The molecule has 4 rings (SSSR count). The van der Waals surface area contributed by atoms with Gasteiger partial charge in [0.1, 0.15) is 30.3 Å². The Morgan fingerprint density at radius 3 is 2.54 bits per heavy atom. The Balaban J connectivity index is 1.60. The molecule has 1 saturated heterocycles. The van der Waals surface area contributed by atoms with Gasteiger partial charge in [-0.3, -0.25) is 4.79 Å². The number of anilines is 1. The first-order valence-corrected chi connectivity index (χ1v) is 13.8. The van der Waals surface area contributed by atoms with E-state index in [1.807, 2.05) is 48.9 Å². The number of fused-ring (bicyclic) bond motifs is 1. The number of hydrogen-bond acceptors (Lipinski definition) is 6. The second-order valence-corrected chi connectivity index (χ2v) is 11.6. The van der Waals surface area contributed by atoms with Crippen LogP contribution in [-0.2, 0) is 21.6 Å². The number of amides is 2. The molecule has 0 unspecified atom stereocenters. The van der Waals surface area contributed by atoms with Crippen LogP contribution in [0.3, 0.4) is 0 Å². The summed E-state index contributed by atoms with van der Waals surface area (Å²) in [6.07, 6.45) is 0.156. The van der Waals surface area contributed by atoms with E-state index in [4.69, 9.17) is 14.6 Å². The zero-order valence-electron chi connectivity index (χ0n) is 21.6. The van der Waals surface area contributed by atoms with Gasteiger partial charge >= 0.3 is 16.3 Å². The largest absolute Gasteiger partial charge is 0.494 e. The van der Waals surface area contributed by atoms with E-state index < -0.39 is 34.6 Å². The van der Waals surface area contributed by atoms with Crippen LogP contribution in [0.25, 0.3) is 10.8 Å². The summed E-state index contributed by atoms with van der Waals surface area (Å²) in [4.78, 5) is 22.6. The van der Waals surface area contributed by atoms with Crippen molar-refractivity contribution in [1.29, 1.82) is 0 Å². The van der Waals surface area contributed by atoms with Gasteiger partial charge in [-0.1, -0.05) is 50.2 Å². The quantitative estimate of drug-likeness (QED) is 0.321. The van der Waals surface area contributed by atoms with E-state index in [0.717, 1.165) is 5.56 Å². The van der Waals surface area contributed by atoms with E-state index >= 15 is 4.39 Å². The monoisotopic (exact) mass is 559 g/mol. The van der Waals surface area contributed by atoms with Gasteiger partial charge in [0.2, 0.25) is 0 Å². The van der Waals surface area contributed by atoms with Gasteiger partial charge in [0.15, 0.2) is 5.82 Å². The molecule has 1 aliphatic heterocycles. The van der Waals surface area contributed by atoms with Crippen LogP contribution in [0.5, 0.6) is 11.5 Å². The highest BCUT2D eigenvalue weighted by atomic mass is 32.2. The lowest BCUT2D eigenvalue weighted by atomic mass is 9.86. The minimum atomic E-state index is -4.30. The summed E-state index contributed by atoms with van der Waals surface area (Å²) in [7, 11) is -4.30. The van der Waals surface area contributed by atoms with Gasteiger partial charge in [0, 0.05) is 11.9 Å². The first-order chi connectivity index (χ1) is 18.4. The fourth-order valence-electron chi connectivity index (χ4n) is 4.19. The molecule has 208 valence electrons. The number of benzene rings is 3. The van der Waals surface area contributed by atoms with E-state index in [1.165, 1.54) is 12.1 Å². The van der Waals surface area contributed by atoms with Crippen molar-refractivity contribution in [3.8, 4) is 11.5 Å². The van der Waals surface area contributed by atoms with Gasteiger partial charge in [0.25, 0.3) is 5.91 Å². The van der Waals surface area contributed by atoms with Crippen molar-refractivity contribution in [2.45, 2.75) is 33.3 Å². The van der Waals surface area contributed by atoms with Crippen molar-refractivity contribution in [3.05, 3.63) is 66.0 Å². The highest BCUT2D eigenvalue weighted by Crippen LogP contribution is 2.40. The van der Waals surface area contributed by atoms with Gasteiger partial charge in [-0.2, -0.15) is 8.42 Å². The van der Waals surface area contributed by atoms with Crippen LogP contribution in [0, 0.1) is 11.2 Å². The Bertz CT molecular complexity index is 1480. The summed E-state index contributed by atoms with van der Waals surface area (Å²) >= 11 is 0. The average Bonchev–Trinajstić information content (AvgIpc) is 3.14. The maximum absolute atomic E-state index is 16.0. The van der Waals surface area contributed by atoms with Crippen LogP contribution in [0.1, 0.15) is 32.3 Å². The minimum absolute atomic E-state index is 0.0192. The third-order valence-electron chi connectivity index (χ3n) is 6.42. The summed E-state index contributed by atoms with van der Waals surface area (Å²) in [5.41, 5.74) is 0.237. The molecule has 2 amide bonds. The molecule has 0 aromatic heterocycles. The molecule has 0 spiro atoms. The minimum Gasteiger partial charge on any atom is -0.494 e. The van der Waals surface area contributed by atoms with E-state index in [2.05, 4.69) is 5.32 Å². The molecular formula is C27H30FN3O7S. The SMILES string of the molecule is CC(C)(CCNC(=O)O)CCOc1ccc2cc(OCc3ccccc3)c(N3CC(=O)NS3(=O)=O)c(F)c2c1. The third kappa shape index (κ3) is 6.88. The van der Waals surface area contributed by atoms with E-state index in [9.17, 15) is 18.0 Å². The first kappa shape index (κ1) is 28.0. The van der Waals surface area contributed by atoms with Crippen LogP contribution in [-0.4, -0.2) is 45.2 Å². The number of halogens is 1. The van der Waals surface area contributed by atoms with Crippen molar-refractivity contribution < 1.29 is 37.0 Å². The summed E-state index contributed by atoms with van der Waals surface area (Å²) < 4.78 is 55.5.